The van der Waals surface area contributed by atoms with E-state index in [1.165, 1.54) is 6.08 Å². The fourth-order valence-corrected chi connectivity index (χ4v) is 7.48. The Balaban J connectivity index is 1.76. The van der Waals surface area contributed by atoms with Crippen LogP contribution in [0, 0.1) is 28.6 Å². The third-order valence-electron chi connectivity index (χ3n) is 8.46. The molecule has 0 spiro atoms. The molecule has 0 aromatic carbocycles. The first kappa shape index (κ1) is 23.0. The predicted octanol–water partition coefficient (Wildman–Crippen LogP) is 0.993. The van der Waals surface area contributed by atoms with Gasteiger partial charge in [0.1, 0.15) is 0 Å². The van der Waals surface area contributed by atoms with Crippen molar-refractivity contribution >= 4 is 19.4 Å². The quantitative estimate of drug-likeness (QED) is 0.308. The van der Waals surface area contributed by atoms with Gasteiger partial charge in [-0.2, -0.15) is 0 Å². The smallest absolute Gasteiger partial charge is 0.393 e. The third-order valence-corrected chi connectivity index (χ3v) is 8.93. The first-order chi connectivity index (χ1) is 14.2. The van der Waals surface area contributed by atoms with Crippen LogP contribution in [0.5, 0.6) is 0 Å². The second kappa shape index (κ2) is 7.15. The third kappa shape index (κ3) is 3.25. The summed E-state index contributed by atoms with van der Waals surface area (Å²) in [5, 5.41) is 33.2. The van der Waals surface area contributed by atoms with E-state index >= 15 is 0 Å². The summed E-state index contributed by atoms with van der Waals surface area (Å²) in [5.74, 6) is -1.54. The summed E-state index contributed by atoms with van der Waals surface area (Å²) in [7, 11) is -5.19. The summed E-state index contributed by atoms with van der Waals surface area (Å²) in [6.07, 6.45) is 3.09. The van der Waals surface area contributed by atoms with Gasteiger partial charge in [0.25, 0.3) is 0 Å². The SMILES string of the molecule is C[C@]12C=CC(=O)C=C1CC[C@@H]1[C@@H]2[C@@H](O)C[C@@]2(C)[C@H]1CCC(=O)[C@]2(O)C(O)OP(=O)(O)O. The van der Waals surface area contributed by atoms with Crippen molar-refractivity contribution in [3.63, 3.8) is 0 Å². The summed E-state index contributed by atoms with van der Waals surface area (Å²) in [4.78, 5) is 43.0. The molecule has 0 aliphatic heterocycles. The number of phosphoric ester groups is 1. The number of allylic oxidation sites excluding steroid dienone is 4. The Morgan fingerprint density at radius 3 is 2.52 bits per heavy atom. The van der Waals surface area contributed by atoms with Gasteiger partial charge in [-0.3, -0.25) is 14.1 Å². The number of hydrogen-bond acceptors (Lipinski definition) is 7. The largest absolute Gasteiger partial charge is 0.472 e. The Labute approximate surface area is 180 Å². The summed E-state index contributed by atoms with van der Waals surface area (Å²) < 4.78 is 15.7. The maximum atomic E-state index is 12.8. The minimum Gasteiger partial charge on any atom is -0.393 e. The molecule has 0 bridgehead atoms. The highest BCUT2D eigenvalue weighted by atomic mass is 31.2. The molecule has 4 aliphatic rings. The van der Waals surface area contributed by atoms with Gasteiger partial charge in [0.05, 0.1) is 6.10 Å². The molecule has 0 saturated heterocycles. The van der Waals surface area contributed by atoms with E-state index in [1.54, 1.807) is 13.0 Å². The van der Waals surface area contributed by atoms with E-state index in [-0.39, 0.29) is 36.4 Å². The second-order valence-corrected chi connectivity index (χ2v) is 11.1. The van der Waals surface area contributed by atoms with Crippen molar-refractivity contribution < 1.29 is 43.8 Å². The van der Waals surface area contributed by atoms with E-state index in [0.29, 0.717) is 19.3 Å². The highest BCUT2D eigenvalue weighted by molar-refractivity contribution is 7.46. The lowest BCUT2D eigenvalue weighted by Gasteiger charge is -2.64. The molecule has 9 nitrogen and oxygen atoms in total. The summed E-state index contributed by atoms with van der Waals surface area (Å²) >= 11 is 0. The summed E-state index contributed by atoms with van der Waals surface area (Å²) in [6, 6.07) is 0. The number of Topliss-reactive ketones (excluding diaryl/α,β-unsaturated/α-hetero) is 1. The maximum Gasteiger partial charge on any atom is 0.472 e. The van der Waals surface area contributed by atoms with Crippen LogP contribution in [0.1, 0.15) is 46.0 Å². The van der Waals surface area contributed by atoms with Crippen molar-refractivity contribution in [1.29, 1.82) is 0 Å². The van der Waals surface area contributed by atoms with Gasteiger partial charge in [0, 0.05) is 23.2 Å². The zero-order valence-corrected chi connectivity index (χ0v) is 18.4. The number of carbonyl (C=O) groups is 2. The molecule has 31 heavy (non-hydrogen) atoms. The first-order valence-corrected chi connectivity index (χ1v) is 12.1. The molecule has 4 rings (SSSR count). The van der Waals surface area contributed by atoms with Crippen LogP contribution in [0.15, 0.2) is 23.8 Å². The van der Waals surface area contributed by atoms with Crippen LogP contribution >= 0.6 is 7.82 Å². The molecule has 3 fully saturated rings. The Morgan fingerprint density at radius 1 is 1.19 bits per heavy atom. The van der Waals surface area contributed by atoms with Gasteiger partial charge in [-0.05, 0) is 49.7 Å². The van der Waals surface area contributed by atoms with Gasteiger partial charge in [0.2, 0.25) is 6.29 Å². The van der Waals surface area contributed by atoms with Crippen LogP contribution in [0.2, 0.25) is 0 Å². The van der Waals surface area contributed by atoms with Gasteiger partial charge in [0.15, 0.2) is 17.2 Å². The molecule has 3 saturated carbocycles. The molecule has 172 valence electrons. The van der Waals surface area contributed by atoms with Crippen LogP contribution in [0.25, 0.3) is 0 Å². The Bertz CT molecular complexity index is 922. The number of carbonyl (C=O) groups excluding carboxylic acids is 2. The molecule has 1 unspecified atom stereocenters. The molecule has 0 aromatic rings. The van der Waals surface area contributed by atoms with E-state index in [0.717, 1.165) is 5.57 Å². The number of aliphatic hydroxyl groups is 3. The van der Waals surface area contributed by atoms with Crippen LogP contribution < -0.4 is 0 Å². The lowest BCUT2D eigenvalue weighted by atomic mass is 9.42. The van der Waals surface area contributed by atoms with E-state index in [4.69, 9.17) is 9.79 Å². The molecule has 0 amide bonds. The summed E-state index contributed by atoms with van der Waals surface area (Å²) in [6.45, 7) is 3.56. The standard InChI is InChI=1S/C21H29O9P/c1-19-8-7-12(22)9-11(19)3-4-13-14-5-6-16(24)21(26,18(25)30-31(27,28)29)20(14,2)10-15(23)17(13)19/h7-9,13-15,17-18,23,25-26H,3-6,10H2,1-2H3,(H2,27,28,29)/t13-,14-,15-,17+,18?,19-,20-,21-/m0/s1. The Morgan fingerprint density at radius 2 is 1.87 bits per heavy atom. The first-order valence-electron chi connectivity index (χ1n) is 10.5. The molecule has 4 aliphatic carbocycles. The monoisotopic (exact) mass is 456 g/mol. The van der Waals surface area contributed by atoms with E-state index in [2.05, 4.69) is 4.52 Å². The lowest BCUT2D eigenvalue weighted by molar-refractivity contribution is -0.267. The van der Waals surface area contributed by atoms with E-state index in [9.17, 15) is 29.5 Å². The molecule has 0 aromatic heterocycles. The highest BCUT2D eigenvalue weighted by Gasteiger charge is 2.69. The molecule has 5 N–H and O–H groups in total. The normalized spacial score (nSPS) is 46.0. The number of rotatable bonds is 3. The number of ketones is 2. The van der Waals surface area contributed by atoms with Gasteiger partial charge in [-0.15, -0.1) is 0 Å². The predicted molar refractivity (Wildman–Crippen MR) is 107 cm³/mol. The van der Waals surface area contributed by atoms with Crippen molar-refractivity contribution in [3.05, 3.63) is 23.8 Å². The lowest BCUT2D eigenvalue weighted by Crippen LogP contribution is -2.71. The Hall–Kier alpha value is -1.19. The van der Waals surface area contributed by atoms with Gasteiger partial charge in [-0.25, -0.2) is 4.57 Å². The van der Waals surface area contributed by atoms with Gasteiger partial charge >= 0.3 is 7.82 Å². The molecular weight excluding hydrogens is 427 g/mol. The number of fused-ring (bicyclic) bond motifs is 5. The average Bonchev–Trinajstić information content (AvgIpc) is 2.64. The minimum atomic E-state index is -5.19. The van der Waals surface area contributed by atoms with Crippen LogP contribution in [-0.2, 0) is 18.7 Å². The van der Waals surface area contributed by atoms with Crippen LogP contribution in [-0.4, -0.2) is 54.7 Å². The van der Waals surface area contributed by atoms with Crippen molar-refractivity contribution in [2.75, 3.05) is 0 Å². The van der Waals surface area contributed by atoms with Crippen molar-refractivity contribution in [3.8, 4) is 0 Å². The van der Waals surface area contributed by atoms with Crippen LogP contribution in [0.4, 0.5) is 0 Å². The fourth-order valence-electron chi connectivity index (χ4n) is 7.07. The van der Waals surface area contributed by atoms with Gasteiger partial charge < -0.3 is 25.1 Å². The van der Waals surface area contributed by atoms with E-state index in [1.807, 2.05) is 13.0 Å². The number of hydrogen-bond donors (Lipinski definition) is 5. The van der Waals surface area contributed by atoms with E-state index < -0.39 is 42.4 Å². The van der Waals surface area contributed by atoms with Gasteiger partial charge in [-0.1, -0.05) is 25.5 Å². The molecule has 10 heteroatoms. The zero-order valence-electron chi connectivity index (χ0n) is 17.5. The zero-order chi connectivity index (χ0) is 23.0. The second-order valence-electron chi connectivity index (χ2n) is 9.89. The molecule has 0 heterocycles. The topological polar surface area (TPSA) is 162 Å². The average molecular weight is 456 g/mol. The number of aliphatic hydroxyl groups excluding tert-OH is 2. The van der Waals surface area contributed by atoms with Crippen LogP contribution in [0.3, 0.4) is 0 Å². The maximum absolute atomic E-state index is 12.8. The minimum absolute atomic E-state index is 0.0622. The van der Waals surface area contributed by atoms with Crippen molar-refractivity contribution in [2.45, 2.75) is 63.9 Å². The molecule has 0 radical (unpaired) electrons. The van der Waals surface area contributed by atoms with Crippen molar-refractivity contribution in [1.82, 2.24) is 0 Å². The molecular formula is C21H29O9P. The summed E-state index contributed by atoms with van der Waals surface area (Å²) in [5.41, 5.74) is -3.52. The number of phosphoric acid groups is 1. The Kier molecular flexibility index (Phi) is 5.30. The highest BCUT2D eigenvalue weighted by Crippen LogP contribution is 2.66. The fraction of sp³-hybridized carbons (Fsp3) is 0.714. The molecule has 8 atom stereocenters. The van der Waals surface area contributed by atoms with Crippen molar-refractivity contribution in [2.24, 2.45) is 28.6 Å².